The van der Waals surface area contributed by atoms with Crippen LogP contribution in [0.25, 0.3) is 54.6 Å². The Bertz CT molecular complexity index is 3510. The summed E-state index contributed by atoms with van der Waals surface area (Å²) >= 11 is 0. The first-order valence-corrected chi connectivity index (χ1v) is 23.0. The van der Waals surface area contributed by atoms with Gasteiger partial charge >= 0.3 is 0 Å². The molecule has 0 aliphatic heterocycles. The fourth-order valence-electron chi connectivity index (χ4n) is 10.0. The number of anilines is 6. The lowest BCUT2D eigenvalue weighted by molar-refractivity contribution is 0.582. The lowest BCUT2D eigenvalue weighted by Crippen LogP contribution is -2.17. The monoisotopic (exact) mass is 922 g/mol. The zero-order valence-electron chi connectivity index (χ0n) is 39.5. The molecule has 0 spiro atoms. The maximum absolute atomic E-state index is 17.2. The maximum Gasteiger partial charge on any atom is 0.150 e. The van der Waals surface area contributed by atoms with Gasteiger partial charge < -0.3 is 9.80 Å². The molecule has 8 heteroatoms. The standard InChI is InChI=1S/C62H46F4N4/c1-61(2,3)51-13-9-7-11-45(51)49-31-41(63)33-53(65)59(49)69(43-23-15-37(35-67)16-24-43)55-29-21-39-20-28-48-56(30-22-40-19-27-47(55)57(39)58(40)48)70(44-25-17-38(36-68)18-26-44)60-50(32-42(64)34-54(60)66)46-12-8-10-14-52(46)62(4,5)6/h7-34H,1-6H3. The zero-order valence-corrected chi connectivity index (χ0v) is 39.5. The number of halogens is 4. The predicted octanol–water partition coefficient (Wildman–Crippen LogP) is 17.8. The number of rotatable bonds is 8. The van der Waals surface area contributed by atoms with Gasteiger partial charge in [0.2, 0.25) is 0 Å². The minimum Gasteiger partial charge on any atom is -0.307 e. The Morgan fingerprint density at radius 3 is 1.11 bits per heavy atom. The van der Waals surface area contributed by atoms with Crippen molar-refractivity contribution in [1.29, 1.82) is 10.5 Å². The van der Waals surface area contributed by atoms with Gasteiger partial charge in [0, 0.05) is 45.4 Å². The van der Waals surface area contributed by atoms with Crippen molar-refractivity contribution in [1.82, 2.24) is 0 Å². The van der Waals surface area contributed by atoms with Crippen molar-refractivity contribution in [2.24, 2.45) is 0 Å². The lowest BCUT2D eigenvalue weighted by atomic mass is 9.81. The Hall–Kier alpha value is -8.46. The quantitative estimate of drug-likeness (QED) is 0.113. The summed E-state index contributed by atoms with van der Waals surface area (Å²) in [4.78, 5) is 3.60. The molecule has 0 bridgehead atoms. The summed E-state index contributed by atoms with van der Waals surface area (Å²) in [7, 11) is 0. The van der Waals surface area contributed by atoms with Gasteiger partial charge in [-0.05, 0) is 127 Å². The summed E-state index contributed by atoms with van der Waals surface area (Å²) in [5.41, 5.74) is 6.41. The highest BCUT2D eigenvalue weighted by molar-refractivity contribution is 6.28. The SMILES string of the molecule is CC(C)(C)c1ccccc1-c1cc(F)cc(F)c1N(c1ccc(C#N)cc1)c1ccc2ccc3c(N(c4ccc(C#N)cc4)c4c(F)cc(F)cc4-c4ccccc4C(C)(C)C)ccc4ccc1c2c43. The molecular formula is C62H46F4N4. The molecule has 0 aromatic heterocycles. The second-order valence-corrected chi connectivity index (χ2v) is 19.7. The molecule has 0 fully saturated rings. The third kappa shape index (κ3) is 7.82. The van der Waals surface area contributed by atoms with Crippen LogP contribution >= 0.6 is 0 Å². The topological polar surface area (TPSA) is 54.1 Å². The van der Waals surface area contributed by atoms with E-state index in [1.54, 1.807) is 58.3 Å². The summed E-state index contributed by atoms with van der Waals surface area (Å²) in [5.74, 6) is -3.01. The van der Waals surface area contributed by atoms with Crippen molar-refractivity contribution in [3.8, 4) is 34.4 Å². The van der Waals surface area contributed by atoms with Crippen LogP contribution in [-0.4, -0.2) is 0 Å². The van der Waals surface area contributed by atoms with E-state index in [2.05, 4.69) is 53.7 Å². The van der Waals surface area contributed by atoms with E-state index in [1.165, 1.54) is 12.1 Å². The normalized spacial score (nSPS) is 11.8. The molecule has 0 amide bonds. The van der Waals surface area contributed by atoms with Crippen molar-refractivity contribution in [3.05, 3.63) is 215 Å². The third-order valence-electron chi connectivity index (χ3n) is 13.2. The van der Waals surface area contributed by atoms with Gasteiger partial charge in [-0.25, -0.2) is 17.6 Å². The maximum atomic E-state index is 17.2. The molecular weight excluding hydrogens is 877 g/mol. The van der Waals surface area contributed by atoms with Gasteiger partial charge in [0.1, 0.15) is 11.6 Å². The number of nitriles is 2. The Balaban J connectivity index is 1.28. The summed E-state index contributed by atoms with van der Waals surface area (Å²) in [5, 5.41) is 24.6. The minimum absolute atomic E-state index is 0.125. The van der Waals surface area contributed by atoms with Crippen molar-refractivity contribution < 1.29 is 17.6 Å². The van der Waals surface area contributed by atoms with Crippen LogP contribution in [-0.2, 0) is 10.8 Å². The van der Waals surface area contributed by atoms with Crippen LogP contribution in [0.1, 0.15) is 63.8 Å². The number of hydrogen-bond acceptors (Lipinski definition) is 4. The third-order valence-corrected chi connectivity index (χ3v) is 13.2. The van der Waals surface area contributed by atoms with Gasteiger partial charge in [-0.15, -0.1) is 0 Å². The molecule has 10 rings (SSSR count). The van der Waals surface area contributed by atoms with Crippen LogP contribution in [0.15, 0.2) is 170 Å². The van der Waals surface area contributed by atoms with Gasteiger partial charge in [0.15, 0.2) is 11.6 Å². The minimum atomic E-state index is -0.778. The van der Waals surface area contributed by atoms with E-state index in [0.29, 0.717) is 56.1 Å². The molecule has 4 nitrogen and oxygen atoms in total. The lowest BCUT2D eigenvalue weighted by Gasteiger charge is -2.32. The highest BCUT2D eigenvalue weighted by Crippen LogP contribution is 2.52. The molecule has 10 aromatic rings. The summed E-state index contributed by atoms with van der Waals surface area (Å²) in [6.45, 7) is 12.4. The van der Waals surface area contributed by atoms with Crippen molar-refractivity contribution in [2.45, 2.75) is 52.4 Å². The van der Waals surface area contributed by atoms with Gasteiger partial charge in [0.25, 0.3) is 0 Å². The molecule has 0 aliphatic carbocycles. The van der Waals surface area contributed by atoms with Crippen LogP contribution in [0.2, 0.25) is 0 Å². The number of nitrogens with zero attached hydrogens (tertiary/aromatic N) is 4. The molecule has 0 saturated heterocycles. The van der Waals surface area contributed by atoms with Crippen LogP contribution in [0, 0.1) is 45.9 Å². The molecule has 0 heterocycles. The molecule has 0 radical (unpaired) electrons. The summed E-state index contributed by atoms with van der Waals surface area (Å²) in [6, 6.07) is 53.8. The Labute approximate surface area is 404 Å². The van der Waals surface area contributed by atoms with Crippen molar-refractivity contribution >= 4 is 66.4 Å². The Morgan fingerprint density at radius 2 is 0.757 bits per heavy atom. The fourth-order valence-corrected chi connectivity index (χ4v) is 10.0. The first-order valence-electron chi connectivity index (χ1n) is 23.0. The zero-order chi connectivity index (χ0) is 49.2. The smallest absolute Gasteiger partial charge is 0.150 e. The van der Waals surface area contributed by atoms with Crippen LogP contribution < -0.4 is 9.80 Å². The van der Waals surface area contributed by atoms with Crippen LogP contribution in [0.5, 0.6) is 0 Å². The predicted molar refractivity (Wildman–Crippen MR) is 277 cm³/mol. The Kier molecular flexibility index (Phi) is 11.2. The van der Waals surface area contributed by atoms with E-state index >= 15 is 17.6 Å². The van der Waals surface area contributed by atoms with Crippen LogP contribution in [0.4, 0.5) is 51.7 Å². The second kappa shape index (κ2) is 17.3. The molecule has 0 aliphatic rings. The molecule has 0 saturated carbocycles. The average Bonchev–Trinajstić information content (AvgIpc) is 3.34. The first-order chi connectivity index (χ1) is 33.5. The Morgan fingerprint density at radius 1 is 0.400 bits per heavy atom. The van der Waals surface area contributed by atoms with Gasteiger partial charge in [-0.3, -0.25) is 0 Å². The summed E-state index contributed by atoms with van der Waals surface area (Å²) in [6.07, 6.45) is 0. The molecule has 10 aromatic carbocycles. The molecule has 70 heavy (non-hydrogen) atoms. The van der Waals surface area contributed by atoms with E-state index in [1.807, 2.05) is 97.1 Å². The van der Waals surface area contributed by atoms with E-state index in [0.717, 1.165) is 55.6 Å². The van der Waals surface area contributed by atoms with E-state index in [9.17, 15) is 10.5 Å². The number of benzene rings is 10. The largest absolute Gasteiger partial charge is 0.307 e. The van der Waals surface area contributed by atoms with Gasteiger partial charge in [-0.1, -0.05) is 126 Å². The average molecular weight is 923 g/mol. The fraction of sp³-hybridized carbons (Fsp3) is 0.129. The highest BCUT2D eigenvalue weighted by atomic mass is 19.1. The van der Waals surface area contributed by atoms with Crippen LogP contribution in [0.3, 0.4) is 0 Å². The molecule has 342 valence electrons. The second-order valence-electron chi connectivity index (χ2n) is 19.7. The van der Waals surface area contributed by atoms with E-state index in [4.69, 9.17) is 0 Å². The van der Waals surface area contributed by atoms with Gasteiger partial charge in [0.05, 0.1) is 46.0 Å². The molecule has 0 N–H and O–H groups in total. The van der Waals surface area contributed by atoms with E-state index < -0.39 is 23.3 Å². The van der Waals surface area contributed by atoms with Crippen molar-refractivity contribution in [3.63, 3.8) is 0 Å². The summed E-state index contributed by atoms with van der Waals surface area (Å²) < 4.78 is 65.7. The van der Waals surface area contributed by atoms with Gasteiger partial charge in [-0.2, -0.15) is 10.5 Å². The molecule has 0 atom stereocenters. The number of hydrogen-bond donors (Lipinski definition) is 0. The van der Waals surface area contributed by atoms with E-state index in [-0.39, 0.29) is 22.2 Å². The van der Waals surface area contributed by atoms with Crippen molar-refractivity contribution in [2.75, 3.05) is 9.80 Å². The first kappa shape index (κ1) is 45.3. The highest BCUT2D eigenvalue weighted by Gasteiger charge is 2.31. The molecule has 0 unspecified atom stereocenters.